The Morgan fingerprint density at radius 2 is 1.73 bits per heavy atom. The van der Waals surface area contributed by atoms with Crippen molar-refractivity contribution in [3.05, 3.63) is 52.3 Å². The van der Waals surface area contributed by atoms with E-state index in [4.69, 9.17) is 0 Å². The zero-order valence-electron chi connectivity index (χ0n) is 13.9. The molecule has 0 bridgehead atoms. The molecule has 0 aliphatic heterocycles. The van der Waals surface area contributed by atoms with Gasteiger partial charge in [0.25, 0.3) is 0 Å². The van der Waals surface area contributed by atoms with Crippen molar-refractivity contribution >= 4 is 22.4 Å². The third-order valence-corrected chi connectivity index (χ3v) is 4.64. The van der Waals surface area contributed by atoms with E-state index in [1.807, 2.05) is 37.3 Å². The van der Waals surface area contributed by atoms with Gasteiger partial charge in [-0.3, -0.25) is 0 Å². The fraction of sp³-hybridized carbons (Fsp3) is 0.111. The number of nitrogens with zero attached hydrogens (tertiary/aromatic N) is 6. The fourth-order valence-electron chi connectivity index (χ4n) is 2.52. The molecule has 0 atom stereocenters. The van der Waals surface area contributed by atoms with Crippen molar-refractivity contribution in [1.82, 2.24) is 9.36 Å². The van der Waals surface area contributed by atoms with Crippen LogP contribution in [0.25, 0.3) is 11.1 Å². The lowest BCUT2D eigenvalue weighted by atomic mass is 9.98. The van der Waals surface area contributed by atoms with Gasteiger partial charge in [0.2, 0.25) is 0 Å². The number of hydrogen-bond acceptors (Lipinski definition) is 7. The lowest BCUT2D eigenvalue weighted by Crippen LogP contribution is -1.85. The van der Waals surface area contributed by atoms with Gasteiger partial charge in [-0.05, 0) is 36.5 Å². The molecule has 0 radical (unpaired) electrons. The number of aromatic amines is 1. The van der Waals surface area contributed by atoms with Crippen LogP contribution in [0.4, 0.5) is 10.8 Å². The van der Waals surface area contributed by atoms with Crippen LogP contribution in [-0.2, 0) is 0 Å². The summed E-state index contributed by atoms with van der Waals surface area (Å²) < 4.78 is 4.10. The Labute approximate surface area is 153 Å². The number of aryl methyl sites for hydroxylation is 2. The highest BCUT2D eigenvalue weighted by molar-refractivity contribution is 7.10. The second-order valence-corrected chi connectivity index (χ2v) is 6.15. The number of nitriles is 3. The van der Waals surface area contributed by atoms with Crippen molar-refractivity contribution in [3.63, 3.8) is 0 Å². The van der Waals surface area contributed by atoms with Crippen molar-refractivity contribution in [3.8, 4) is 29.3 Å². The lowest BCUT2D eigenvalue weighted by molar-refractivity contribution is 1.18. The molecule has 0 unspecified atom stereocenters. The normalized spacial score (nSPS) is 10.4. The Morgan fingerprint density at radius 1 is 1.00 bits per heavy atom. The van der Waals surface area contributed by atoms with Gasteiger partial charge >= 0.3 is 0 Å². The first-order chi connectivity index (χ1) is 12.6. The number of aromatic nitrogens is 2. The summed E-state index contributed by atoms with van der Waals surface area (Å²) in [7, 11) is 0. The van der Waals surface area contributed by atoms with Crippen molar-refractivity contribution < 1.29 is 0 Å². The van der Waals surface area contributed by atoms with Gasteiger partial charge in [-0.15, -0.1) is 10.2 Å². The highest BCUT2D eigenvalue weighted by atomic mass is 32.1. The predicted molar refractivity (Wildman–Crippen MR) is 96.1 cm³/mol. The Morgan fingerprint density at radius 3 is 2.38 bits per heavy atom. The number of benzene rings is 1. The molecule has 0 saturated carbocycles. The minimum absolute atomic E-state index is 0.126. The van der Waals surface area contributed by atoms with Gasteiger partial charge in [0.15, 0.2) is 10.8 Å². The van der Waals surface area contributed by atoms with Crippen LogP contribution in [0.5, 0.6) is 0 Å². The van der Waals surface area contributed by atoms with Crippen molar-refractivity contribution in [2.45, 2.75) is 13.8 Å². The Hall–Kier alpha value is -3.80. The molecule has 0 aliphatic rings. The van der Waals surface area contributed by atoms with Gasteiger partial charge in [0, 0.05) is 5.56 Å². The molecule has 26 heavy (non-hydrogen) atoms. The van der Waals surface area contributed by atoms with Crippen molar-refractivity contribution in [2.75, 3.05) is 0 Å². The van der Waals surface area contributed by atoms with Crippen LogP contribution in [0, 0.1) is 47.8 Å². The van der Waals surface area contributed by atoms with E-state index in [0.29, 0.717) is 27.6 Å². The molecule has 3 aromatic rings. The number of hydrogen-bond donors (Lipinski definition) is 1. The van der Waals surface area contributed by atoms with Crippen LogP contribution < -0.4 is 0 Å². The van der Waals surface area contributed by atoms with E-state index in [2.05, 4.69) is 31.7 Å². The zero-order chi connectivity index (χ0) is 18.7. The summed E-state index contributed by atoms with van der Waals surface area (Å²) >= 11 is 1.07. The van der Waals surface area contributed by atoms with Gasteiger partial charge in [-0.1, -0.05) is 24.3 Å². The Kier molecular flexibility index (Phi) is 4.57. The highest BCUT2D eigenvalue weighted by Crippen LogP contribution is 2.38. The van der Waals surface area contributed by atoms with Crippen molar-refractivity contribution in [1.29, 1.82) is 15.8 Å². The number of H-pyrrole nitrogens is 1. The van der Waals surface area contributed by atoms with E-state index >= 15 is 0 Å². The van der Waals surface area contributed by atoms with Gasteiger partial charge in [-0.25, -0.2) is 0 Å². The van der Waals surface area contributed by atoms with E-state index in [9.17, 15) is 15.8 Å². The zero-order valence-corrected chi connectivity index (χ0v) is 14.7. The maximum absolute atomic E-state index is 9.52. The molecule has 8 heteroatoms. The fourth-order valence-corrected chi connectivity index (χ4v) is 3.20. The van der Waals surface area contributed by atoms with E-state index in [1.54, 1.807) is 6.92 Å². The lowest BCUT2D eigenvalue weighted by Gasteiger charge is -2.04. The first kappa shape index (κ1) is 17.0. The summed E-state index contributed by atoms with van der Waals surface area (Å²) in [4.78, 5) is 2.85. The van der Waals surface area contributed by atoms with E-state index in [-0.39, 0.29) is 11.3 Å². The number of azo groups is 1. The van der Waals surface area contributed by atoms with Crippen molar-refractivity contribution in [2.24, 2.45) is 10.2 Å². The maximum atomic E-state index is 9.52. The average molecular weight is 357 g/mol. The molecule has 1 aromatic carbocycles. The molecule has 7 nitrogen and oxygen atoms in total. The summed E-state index contributed by atoms with van der Waals surface area (Å²) in [5.74, 6) is 0.294. The molecule has 2 aromatic heterocycles. The quantitative estimate of drug-likeness (QED) is 0.677. The minimum Gasteiger partial charge on any atom is -0.328 e. The van der Waals surface area contributed by atoms with E-state index in [1.165, 1.54) is 0 Å². The minimum atomic E-state index is 0.126. The molecule has 0 fully saturated rings. The SMILES string of the molecule is Cc1ccccc1-c1c(/N=N/c2snc(C)c2C#N)[nH]c(C#N)c1C#N. The summed E-state index contributed by atoms with van der Waals surface area (Å²) in [5, 5.41) is 36.7. The Balaban J connectivity index is 2.20. The molecule has 124 valence electrons. The van der Waals surface area contributed by atoms with Crippen LogP contribution in [0.3, 0.4) is 0 Å². The molecule has 0 amide bonds. The standard InChI is InChI=1S/C18H11N7S/c1-10-5-3-4-6-12(10)16-14(8-20)15(9-21)22-17(16)23-24-18-13(7-19)11(2)25-26-18/h3-6,22H,1-2H3/b24-23+. The predicted octanol–water partition coefficient (Wildman–Crippen LogP) is 4.79. The summed E-state index contributed by atoms with van der Waals surface area (Å²) in [6.45, 7) is 3.64. The second-order valence-electron chi connectivity index (χ2n) is 5.40. The molecule has 2 heterocycles. The molecule has 3 rings (SSSR count). The van der Waals surface area contributed by atoms with Gasteiger partial charge in [-0.2, -0.15) is 20.2 Å². The topological polar surface area (TPSA) is 125 Å². The molecule has 0 saturated heterocycles. The monoisotopic (exact) mass is 357 g/mol. The summed E-state index contributed by atoms with van der Waals surface area (Å²) in [6.07, 6.45) is 0. The third-order valence-electron chi connectivity index (χ3n) is 3.82. The van der Waals surface area contributed by atoms with Crippen LogP contribution in [0.1, 0.15) is 28.1 Å². The molecule has 0 spiro atoms. The summed E-state index contributed by atoms with van der Waals surface area (Å²) in [5.41, 5.74) is 3.55. The maximum Gasteiger partial charge on any atom is 0.176 e. The third kappa shape index (κ3) is 2.84. The van der Waals surface area contributed by atoms with E-state index < -0.39 is 0 Å². The number of rotatable bonds is 3. The van der Waals surface area contributed by atoms with Crippen LogP contribution in [0.2, 0.25) is 0 Å². The smallest absolute Gasteiger partial charge is 0.176 e. The number of nitrogens with one attached hydrogen (secondary N) is 1. The summed E-state index contributed by atoms with van der Waals surface area (Å²) in [6, 6.07) is 13.6. The largest absolute Gasteiger partial charge is 0.328 e. The average Bonchev–Trinajstić information content (AvgIpc) is 3.19. The second kappa shape index (κ2) is 6.98. The van der Waals surface area contributed by atoms with Gasteiger partial charge in [0.1, 0.15) is 29.5 Å². The van der Waals surface area contributed by atoms with Crippen LogP contribution in [0.15, 0.2) is 34.5 Å². The van der Waals surface area contributed by atoms with Crippen LogP contribution in [-0.4, -0.2) is 9.36 Å². The molecule has 0 aliphatic carbocycles. The van der Waals surface area contributed by atoms with Gasteiger partial charge in [0.05, 0.1) is 11.3 Å². The Bertz CT molecular complexity index is 1150. The molecule has 1 N–H and O–H groups in total. The first-order valence-electron chi connectivity index (χ1n) is 7.51. The first-order valence-corrected chi connectivity index (χ1v) is 8.28. The van der Waals surface area contributed by atoms with E-state index in [0.717, 1.165) is 22.7 Å². The highest BCUT2D eigenvalue weighted by Gasteiger charge is 2.20. The molecular weight excluding hydrogens is 346 g/mol. The van der Waals surface area contributed by atoms with Crippen LogP contribution >= 0.6 is 11.5 Å². The van der Waals surface area contributed by atoms with Gasteiger partial charge < -0.3 is 4.98 Å². The molecular formula is C18H11N7S.